The first-order valence-electron chi connectivity index (χ1n) is 8.35. The molecule has 1 aliphatic heterocycles. The number of rotatable bonds is 6. The van der Waals surface area contributed by atoms with Crippen LogP contribution in [0.25, 0.3) is 11.0 Å². The average molecular weight is 366 g/mol. The van der Waals surface area contributed by atoms with Gasteiger partial charge in [0.15, 0.2) is 11.7 Å². The van der Waals surface area contributed by atoms with Gasteiger partial charge in [-0.2, -0.15) is 0 Å². The van der Waals surface area contributed by atoms with Gasteiger partial charge in [-0.15, -0.1) is 0 Å². The molecule has 0 radical (unpaired) electrons. The second-order valence-corrected chi connectivity index (χ2v) is 6.39. The number of aromatic amines is 1. The van der Waals surface area contributed by atoms with Gasteiger partial charge in [-0.05, 0) is 0 Å². The third kappa shape index (κ3) is 3.49. The molecule has 10 nitrogen and oxygen atoms in total. The number of hydrogen-bond donors (Lipinski definition) is 4. The smallest absolute Gasteiger partial charge is 0.277 e. The number of amides is 1. The largest absolute Gasteiger partial charge is 0.394 e. The molecule has 4 N–H and O–H groups in total. The predicted molar refractivity (Wildman–Crippen MR) is 91.6 cm³/mol. The molecule has 1 aliphatic rings. The molecule has 2 aromatic heterocycles. The van der Waals surface area contributed by atoms with E-state index in [4.69, 9.17) is 14.6 Å². The first kappa shape index (κ1) is 18.5. The van der Waals surface area contributed by atoms with Crippen molar-refractivity contribution in [2.45, 2.75) is 32.3 Å². The molecule has 1 unspecified atom stereocenters. The molecule has 3 rings (SSSR count). The molecule has 3 heterocycles. The predicted octanol–water partition coefficient (Wildman–Crippen LogP) is -0.414. The van der Waals surface area contributed by atoms with Gasteiger partial charge >= 0.3 is 0 Å². The molecule has 0 spiro atoms. The zero-order chi connectivity index (χ0) is 18.8. The highest BCUT2D eigenvalue weighted by molar-refractivity contribution is 5.92. The highest BCUT2D eigenvalue weighted by Gasteiger charge is 2.39. The summed E-state index contributed by atoms with van der Waals surface area (Å²) < 4.78 is 12.6. The van der Waals surface area contributed by atoms with Gasteiger partial charge in [0.2, 0.25) is 5.91 Å². The van der Waals surface area contributed by atoms with Gasteiger partial charge in [0.05, 0.1) is 31.7 Å². The van der Waals surface area contributed by atoms with Gasteiger partial charge in [-0.25, -0.2) is 4.98 Å². The summed E-state index contributed by atoms with van der Waals surface area (Å²) in [6, 6.07) is 1.58. The minimum Gasteiger partial charge on any atom is -0.394 e. The van der Waals surface area contributed by atoms with Crippen molar-refractivity contribution in [3.8, 4) is 0 Å². The summed E-state index contributed by atoms with van der Waals surface area (Å²) in [4.78, 5) is 30.8. The van der Waals surface area contributed by atoms with E-state index in [1.165, 1.54) is 6.33 Å². The van der Waals surface area contributed by atoms with Crippen molar-refractivity contribution in [1.29, 1.82) is 0 Å². The third-order valence-electron chi connectivity index (χ3n) is 4.13. The number of carbonyl (C=O) groups excluding carboxylic acids is 1. The topological polar surface area (TPSA) is 139 Å². The Balaban J connectivity index is 1.97. The van der Waals surface area contributed by atoms with Crippen molar-refractivity contribution < 1.29 is 24.5 Å². The molecular formula is C16H22N4O6. The van der Waals surface area contributed by atoms with E-state index in [0.29, 0.717) is 5.52 Å². The number of imidazole rings is 1. The van der Waals surface area contributed by atoms with Crippen molar-refractivity contribution in [2.75, 3.05) is 25.1 Å². The third-order valence-corrected chi connectivity index (χ3v) is 4.13. The Morgan fingerprint density at radius 1 is 1.58 bits per heavy atom. The number of nitrogens with one attached hydrogen (secondary N) is 2. The summed E-state index contributed by atoms with van der Waals surface area (Å²) >= 11 is 0. The lowest BCUT2D eigenvalue weighted by Crippen LogP contribution is -2.32. The molecule has 26 heavy (non-hydrogen) atoms. The Labute approximate surface area is 148 Å². The summed E-state index contributed by atoms with van der Waals surface area (Å²) in [5.41, 5.74) is 0.162. The van der Waals surface area contributed by atoms with Crippen molar-refractivity contribution in [2.24, 2.45) is 5.92 Å². The Bertz CT molecular complexity index is 845. The van der Waals surface area contributed by atoms with Crippen LogP contribution in [0.4, 0.5) is 5.82 Å². The maximum Gasteiger partial charge on any atom is 0.277 e. The summed E-state index contributed by atoms with van der Waals surface area (Å²) in [5.74, 6) is -0.235. The number of H-pyrrole nitrogens is 1. The van der Waals surface area contributed by atoms with Crippen LogP contribution >= 0.6 is 0 Å². The molecular weight excluding hydrogens is 344 g/mol. The number of aromatic nitrogens is 3. The van der Waals surface area contributed by atoms with Crippen LogP contribution < -0.4 is 10.9 Å². The molecule has 1 saturated heterocycles. The Morgan fingerprint density at radius 3 is 3.04 bits per heavy atom. The molecule has 0 aliphatic carbocycles. The van der Waals surface area contributed by atoms with Gasteiger partial charge < -0.3 is 34.6 Å². The number of carbonyl (C=O) groups is 1. The monoisotopic (exact) mass is 366 g/mol. The van der Waals surface area contributed by atoms with Gasteiger partial charge in [0.25, 0.3) is 5.56 Å². The van der Waals surface area contributed by atoms with Gasteiger partial charge in [0.1, 0.15) is 18.0 Å². The normalized spacial score (nSPS) is 23.0. The van der Waals surface area contributed by atoms with Gasteiger partial charge in [-0.3, -0.25) is 9.59 Å². The first-order valence-corrected chi connectivity index (χ1v) is 8.35. The van der Waals surface area contributed by atoms with E-state index in [-0.39, 0.29) is 43.0 Å². The second-order valence-electron chi connectivity index (χ2n) is 6.39. The number of hydrogen-bond acceptors (Lipinski definition) is 7. The first-order chi connectivity index (χ1) is 12.4. The molecule has 2 aromatic rings. The molecule has 0 bridgehead atoms. The van der Waals surface area contributed by atoms with Crippen LogP contribution in [0.15, 0.2) is 17.2 Å². The fraction of sp³-hybridized carbons (Fsp3) is 0.562. The number of aliphatic hydroxyl groups excluding tert-OH is 2. The Morgan fingerprint density at radius 2 is 2.35 bits per heavy atom. The Hall–Kier alpha value is -2.27. The minimum absolute atomic E-state index is 0.0461. The number of fused-ring (bicyclic) bond motifs is 1. The number of anilines is 1. The second kappa shape index (κ2) is 7.54. The lowest BCUT2D eigenvalue weighted by molar-refractivity contribution is -0.118. The van der Waals surface area contributed by atoms with E-state index in [2.05, 4.69) is 15.3 Å². The summed E-state index contributed by atoms with van der Waals surface area (Å²) in [7, 11) is 0. The van der Waals surface area contributed by atoms with Crippen LogP contribution in [-0.2, 0) is 14.3 Å². The van der Waals surface area contributed by atoms with Gasteiger partial charge in [-0.1, -0.05) is 13.8 Å². The van der Waals surface area contributed by atoms with E-state index in [9.17, 15) is 14.7 Å². The average Bonchev–Trinajstić information content (AvgIpc) is 3.16. The van der Waals surface area contributed by atoms with Crippen molar-refractivity contribution in [3.63, 3.8) is 0 Å². The van der Waals surface area contributed by atoms with E-state index in [0.717, 1.165) is 0 Å². The van der Waals surface area contributed by atoms with Crippen LogP contribution in [0, 0.1) is 5.92 Å². The fourth-order valence-corrected chi connectivity index (χ4v) is 2.79. The van der Waals surface area contributed by atoms with Gasteiger partial charge in [0, 0.05) is 12.0 Å². The zero-order valence-electron chi connectivity index (χ0n) is 14.5. The summed E-state index contributed by atoms with van der Waals surface area (Å²) in [6.45, 7) is 3.40. The van der Waals surface area contributed by atoms with Crippen LogP contribution in [0.2, 0.25) is 0 Å². The highest BCUT2D eigenvalue weighted by atomic mass is 16.6. The van der Waals surface area contributed by atoms with Crippen LogP contribution in [0.1, 0.15) is 20.1 Å². The van der Waals surface area contributed by atoms with Crippen LogP contribution in [0.3, 0.4) is 0 Å². The molecule has 3 atom stereocenters. The maximum atomic E-state index is 12.3. The maximum absolute atomic E-state index is 12.3. The molecule has 1 amide bonds. The van der Waals surface area contributed by atoms with E-state index < -0.39 is 24.0 Å². The lowest BCUT2D eigenvalue weighted by Gasteiger charge is -2.22. The minimum atomic E-state index is -0.869. The van der Waals surface area contributed by atoms with Crippen LogP contribution in [0.5, 0.6) is 0 Å². The molecule has 10 heteroatoms. The number of nitrogens with zero attached hydrogens (tertiary/aromatic N) is 2. The quantitative estimate of drug-likeness (QED) is 0.545. The van der Waals surface area contributed by atoms with E-state index in [1.54, 1.807) is 24.5 Å². The molecule has 142 valence electrons. The highest BCUT2D eigenvalue weighted by Crippen LogP contribution is 2.30. The van der Waals surface area contributed by atoms with E-state index >= 15 is 0 Å². The number of pyridine rings is 1. The summed E-state index contributed by atoms with van der Waals surface area (Å²) in [5, 5.41) is 21.7. The van der Waals surface area contributed by atoms with Crippen molar-refractivity contribution >= 4 is 22.8 Å². The Kier molecular flexibility index (Phi) is 5.37. The van der Waals surface area contributed by atoms with Crippen LogP contribution in [-0.4, -0.2) is 62.7 Å². The van der Waals surface area contributed by atoms with E-state index in [1.807, 2.05) is 0 Å². The lowest BCUT2D eigenvalue weighted by atomic mass is 10.2. The number of aliphatic hydroxyl groups is 2. The zero-order valence-corrected chi connectivity index (χ0v) is 14.5. The van der Waals surface area contributed by atoms with Crippen molar-refractivity contribution in [1.82, 2.24) is 14.5 Å². The fourth-order valence-electron chi connectivity index (χ4n) is 2.79. The molecule has 0 aromatic carbocycles. The molecule has 1 fully saturated rings. The standard InChI is InChI=1S/C16H22N4O6/c1-8(2)14(23)18-11-5-9-12(15(24)19-11)17-7-20(9)16-13(25-4-3-21)10(22)6-26-16/h5,7-8,10,13,16,21-22H,3-4,6H2,1-2H3,(H2,18,19,23,24)/t10?,13-,16+/m0/s1. The summed E-state index contributed by atoms with van der Waals surface area (Å²) in [6.07, 6.45) is -0.873. The number of ether oxygens (including phenoxy) is 2. The SMILES string of the molecule is CC(C)C(=O)Nc1cc2c(ncn2[C@@H]2OCC(O)[C@@H]2OCCO)c(=O)[nH]1. The molecule has 0 saturated carbocycles. The van der Waals surface area contributed by atoms with Crippen molar-refractivity contribution in [3.05, 3.63) is 22.7 Å².